The number of hydrogen-bond acceptors (Lipinski definition) is 8. The van der Waals surface area contributed by atoms with Crippen LogP contribution in [0.15, 0.2) is 60.7 Å². The highest BCUT2D eigenvalue weighted by atomic mass is 33.2. The third-order valence-electron chi connectivity index (χ3n) is 5.59. The highest BCUT2D eigenvalue weighted by Gasteiger charge is 2.42. The summed E-state index contributed by atoms with van der Waals surface area (Å²) in [7, 11) is -8.15. The van der Waals surface area contributed by atoms with Gasteiger partial charge in [0, 0.05) is 13.7 Å². The van der Waals surface area contributed by atoms with Crippen LogP contribution in [0.4, 0.5) is 0 Å². The lowest BCUT2D eigenvalue weighted by atomic mass is 10.0. The third-order valence-corrected chi connectivity index (χ3v) is 10.3. The molecule has 2 aromatic carbocycles. The molecule has 0 saturated heterocycles. The fraction of sp³-hybridized carbons (Fsp3) is 0.458. The molecule has 0 spiro atoms. The van der Waals surface area contributed by atoms with E-state index in [1.54, 1.807) is 74.5 Å². The molecule has 0 saturated carbocycles. The van der Waals surface area contributed by atoms with Gasteiger partial charge in [0.05, 0.1) is 18.4 Å². The molecule has 9 nitrogen and oxygen atoms in total. The van der Waals surface area contributed by atoms with Gasteiger partial charge in [0.1, 0.15) is 6.10 Å². The summed E-state index contributed by atoms with van der Waals surface area (Å²) < 4.78 is 62.6. The molecule has 2 aromatic rings. The Morgan fingerprint density at radius 1 is 0.943 bits per heavy atom. The fourth-order valence-electron chi connectivity index (χ4n) is 3.52. The molecular weight excluding hydrogens is 494 g/mol. The largest absolute Gasteiger partial charge is 0.454 e. The molecule has 0 bridgehead atoms. The normalized spacial score (nSPS) is 16.0. The van der Waals surface area contributed by atoms with Crippen molar-refractivity contribution in [1.29, 1.82) is 0 Å². The number of benzene rings is 2. The molecule has 11 heteroatoms. The Bertz CT molecular complexity index is 1170. The monoisotopic (exact) mass is 527 g/mol. The zero-order chi connectivity index (χ0) is 26.4. The molecule has 2 rings (SSSR count). The molecule has 0 fully saturated rings. The number of ether oxygens (including phenoxy) is 2. The Morgan fingerprint density at radius 3 is 1.91 bits per heavy atom. The smallest absolute Gasteiger partial charge is 0.338 e. The van der Waals surface area contributed by atoms with Crippen LogP contribution in [0, 0.1) is 5.92 Å². The molecule has 0 aromatic heterocycles. The van der Waals surface area contributed by atoms with Gasteiger partial charge in [0.15, 0.2) is 6.10 Å². The van der Waals surface area contributed by atoms with E-state index < -0.39 is 48.2 Å². The minimum absolute atomic E-state index is 0.263. The highest BCUT2D eigenvalue weighted by Crippen LogP contribution is 2.31. The number of carbonyl (C=O) groups is 1. The van der Waals surface area contributed by atoms with Gasteiger partial charge >= 0.3 is 15.0 Å². The van der Waals surface area contributed by atoms with E-state index in [1.165, 1.54) is 14.0 Å². The molecule has 4 atom stereocenters. The van der Waals surface area contributed by atoms with Gasteiger partial charge in [-0.1, -0.05) is 74.5 Å². The summed E-state index contributed by atoms with van der Waals surface area (Å²) in [6.07, 6.45) is -3.06. The molecule has 0 unspecified atom stereocenters. The highest BCUT2D eigenvalue weighted by molar-refractivity contribution is 8.66. The summed E-state index contributed by atoms with van der Waals surface area (Å²) in [4.78, 5) is 13.0. The summed E-state index contributed by atoms with van der Waals surface area (Å²) in [5.74, 6) is -1.22. The van der Waals surface area contributed by atoms with E-state index in [2.05, 4.69) is 0 Å². The number of hydrogen-bond donors (Lipinski definition) is 1. The Balaban J connectivity index is 2.56. The van der Waals surface area contributed by atoms with Crippen LogP contribution in [0.3, 0.4) is 0 Å². The first-order valence-corrected chi connectivity index (χ1v) is 14.9. The topological polar surface area (TPSA) is 127 Å². The molecule has 0 heterocycles. The fourth-order valence-corrected chi connectivity index (χ4v) is 6.30. The number of nitrogens with zero attached hydrogens (tertiary/aromatic N) is 1. The molecule has 0 aliphatic rings. The van der Waals surface area contributed by atoms with Crippen LogP contribution in [-0.2, 0) is 38.7 Å². The van der Waals surface area contributed by atoms with Crippen molar-refractivity contribution in [1.82, 2.24) is 4.31 Å². The molecule has 1 N–H and O–H groups in total. The van der Waals surface area contributed by atoms with E-state index >= 15 is 0 Å². The maximum Gasteiger partial charge on any atom is 0.338 e. The first kappa shape index (κ1) is 28.9. The van der Waals surface area contributed by atoms with Crippen LogP contribution in [0.5, 0.6) is 0 Å². The van der Waals surface area contributed by atoms with Gasteiger partial charge < -0.3 is 14.6 Å². The van der Waals surface area contributed by atoms with Crippen molar-refractivity contribution < 1.29 is 36.2 Å². The van der Waals surface area contributed by atoms with Crippen molar-refractivity contribution >= 4 is 23.9 Å². The maximum atomic E-state index is 13.1. The average molecular weight is 528 g/mol. The zero-order valence-electron chi connectivity index (χ0n) is 20.4. The van der Waals surface area contributed by atoms with E-state index in [-0.39, 0.29) is 12.5 Å². The lowest BCUT2D eigenvalue weighted by molar-refractivity contribution is -0.172. The van der Waals surface area contributed by atoms with Gasteiger partial charge in [-0.05, 0) is 24.0 Å². The number of carbonyl (C=O) groups excluding carboxylic acids is 1. The third kappa shape index (κ3) is 7.11. The molecule has 0 aliphatic carbocycles. The quantitative estimate of drug-likeness (QED) is 0.329. The number of aliphatic hydroxyl groups excluding tert-OH is 1. The van der Waals surface area contributed by atoms with Gasteiger partial charge in [-0.15, -0.1) is 0 Å². The second-order valence-corrected chi connectivity index (χ2v) is 14.4. The Kier molecular flexibility index (Phi) is 9.99. The van der Waals surface area contributed by atoms with Gasteiger partial charge in [0.2, 0.25) is 0 Å². The molecule has 0 radical (unpaired) electrons. The van der Waals surface area contributed by atoms with Crippen molar-refractivity contribution in [3.63, 3.8) is 0 Å². The number of esters is 1. The van der Waals surface area contributed by atoms with Gasteiger partial charge in [-0.2, -0.15) is 12.7 Å². The van der Waals surface area contributed by atoms with Crippen molar-refractivity contribution in [2.45, 2.75) is 51.7 Å². The predicted molar refractivity (Wildman–Crippen MR) is 132 cm³/mol. The molecule has 0 aliphatic heterocycles. The molecule has 0 amide bonds. The first-order valence-electron chi connectivity index (χ1n) is 11.0. The summed E-state index contributed by atoms with van der Waals surface area (Å²) >= 11 is 0. The average Bonchev–Trinajstić information content (AvgIpc) is 2.81. The van der Waals surface area contributed by atoms with E-state index in [9.17, 15) is 26.7 Å². The lowest BCUT2D eigenvalue weighted by Gasteiger charge is -2.34. The standard InChI is InChI=1S/C24H33NO8S2/c1-17(2)21(26)23(32-4)24(27)33-22(20-14-10-7-11-15-20)18(3)25(35(30,31)34(5,28)29)16-19-12-8-6-9-13-19/h6-15,17-18,21-23,26H,16H2,1-5H3/t18-,21-,22-,23+/m1/s1. The first-order chi connectivity index (χ1) is 16.3. The number of aliphatic hydroxyl groups is 1. The summed E-state index contributed by atoms with van der Waals surface area (Å²) in [5, 5.41) is 10.4. The molecule has 194 valence electrons. The van der Waals surface area contributed by atoms with Gasteiger partial charge in [0.25, 0.3) is 8.87 Å². The van der Waals surface area contributed by atoms with Gasteiger partial charge in [-0.25, -0.2) is 13.2 Å². The summed E-state index contributed by atoms with van der Waals surface area (Å²) in [6, 6.07) is 15.8. The van der Waals surface area contributed by atoms with Crippen LogP contribution >= 0.6 is 0 Å². The van der Waals surface area contributed by atoms with Crippen LogP contribution in [0.2, 0.25) is 0 Å². The SMILES string of the molecule is CO[C@H](C(=O)O[C@@H](c1ccccc1)[C@@H](C)N(Cc1ccccc1)S(=O)(=O)S(C)(=O)=O)[C@H](O)C(C)C. The zero-order valence-corrected chi connectivity index (χ0v) is 22.1. The van der Waals surface area contributed by atoms with Crippen LogP contribution in [-0.4, -0.2) is 63.8 Å². The van der Waals surface area contributed by atoms with E-state index in [0.717, 1.165) is 4.31 Å². The van der Waals surface area contributed by atoms with E-state index in [4.69, 9.17) is 9.47 Å². The van der Waals surface area contributed by atoms with E-state index in [0.29, 0.717) is 17.4 Å². The molecular formula is C24H33NO8S2. The maximum absolute atomic E-state index is 13.1. The van der Waals surface area contributed by atoms with Crippen molar-refractivity contribution in [3.05, 3.63) is 71.8 Å². The van der Waals surface area contributed by atoms with Crippen molar-refractivity contribution in [3.8, 4) is 0 Å². The van der Waals surface area contributed by atoms with Gasteiger partial charge in [-0.3, -0.25) is 0 Å². The minimum Gasteiger partial charge on any atom is -0.454 e. The second-order valence-electron chi connectivity index (χ2n) is 8.59. The summed E-state index contributed by atoms with van der Waals surface area (Å²) in [5.41, 5.74) is 0.999. The summed E-state index contributed by atoms with van der Waals surface area (Å²) in [6.45, 7) is 4.63. The number of methoxy groups -OCH3 is 1. The molecule has 35 heavy (non-hydrogen) atoms. The Morgan fingerprint density at radius 2 is 1.46 bits per heavy atom. The Labute approximate surface area is 207 Å². The number of rotatable bonds is 12. The predicted octanol–water partition coefficient (Wildman–Crippen LogP) is 2.48. The lowest BCUT2D eigenvalue weighted by Crippen LogP contribution is -2.47. The van der Waals surface area contributed by atoms with Crippen molar-refractivity contribution in [2.75, 3.05) is 13.4 Å². The van der Waals surface area contributed by atoms with E-state index in [1.807, 2.05) is 0 Å². The van der Waals surface area contributed by atoms with Crippen LogP contribution in [0.25, 0.3) is 0 Å². The van der Waals surface area contributed by atoms with Crippen LogP contribution in [0.1, 0.15) is 38.0 Å². The van der Waals surface area contributed by atoms with Crippen molar-refractivity contribution in [2.24, 2.45) is 5.92 Å². The second kappa shape index (κ2) is 12.1. The minimum atomic E-state index is -4.85. The Hall–Kier alpha value is -2.31. The van der Waals surface area contributed by atoms with Crippen LogP contribution < -0.4 is 0 Å².